The average molecular weight is 233 g/mol. The van der Waals surface area contributed by atoms with E-state index >= 15 is 0 Å². The molecule has 1 aromatic carbocycles. The van der Waals surface area contributed by atoms with Gasteiger partial charge in [0.2, 0.25) is 0 Å². The third-order valence-electron chi connectivity index (χ3n) is 2.63. The van der Waals surface area contributed by atoms with Crippen LogP contribution in [-0.2, 0) is 6.54 Å². The summed E-state index contributed by atoms with van der Waals surface area (Å²) in [4.78, 5) is 11.0. The fourth-order valence-electron chi connectivity index (χ4n) is 1.75. The van der Waals surface area contributed by atoms with Crippen LogP contribution in [0.15, 0.2) is 36.5 Å². The molecule has 0 bridgehead atoms. The predicted molar refractivity (Wildman–Crippen MR) is 62.5 cm³/mol. The predicted octanol–water partition coefficient (Wildman–Crippen LogP) is 3.01. The monoisotopic (exact) mass is 233 g/mol. The van der Waals surface area contributed by atoms with Gasteiger partial charge in [0.25, 0.3) is 0 Å². The highest BCUT2D eigenvalue weighted by molar-refractivity contribution is 5.88. The maximum Gasteiger partial charge on any atom is 0.352 e. The summed E-state index contributed by atoms with van der Waals surface area (Å²) >= 11 is 0. The lowest BCUT2D eigenvalue weighted by Gasteiger charge is -1.99. The summed E-state index contributed by atoms with van der Waals surface area (Å²) in [7, 11) is 0. The van der Waals surface area contributed by atoms with Crippen LogP contribution in [0.2, 0.25) is 0 Å². The van der Waals surface area contributed by atoms with Crippen LogP contribution < -0.4 is 0 Å². The Bertz CT molecular complexity index is 543. The summed E-state index contributed by atoms with van der Waals surface area (Å²) in [6.45, 7) is 2.46. The lowest BCUT2D eigenvalue weighted by Crippen LogP contribution is -2.05. The first-order chi connectivity index (χ1) is 8.11. The zero-order valence-electron chi connectivity index (χ0n) is 9.35. The molecule has 1 heterocycles. The molecule has 0 fully saturated rings. The van der Waals surface area contributed by atoms with Crippen molar-refractivity contribution in [3.63, 3.8) is 0 Å². The molecule has 2 aromatic rings. The summed E-state index contributed by atoms with van der Waals surface area (Å²) < 4.78 is 14.4. The van der Waals surface area contributed by atoms with E-state index in [0.717, 1.165) is 11.1 Å². The fourth-order valence-corrected chi connectivity index (χ4v) is 1.75. The summed E-state index contributed by atoms with van der Waals surface area (Å²) in [5.41, 5.74) is 1.83. The minimum atomic E-state index is -0.958. The Morgan fingerprint density at radius 3 is 2.41 bits per heavy atom. The van der Waals surface area contributed by atoms with Crippen LogP contribution in [0, 0.1) is 5.82 Å². The van der Waals surface area contributed by atoms with E-state index in [0.29, 0.717) is 6.54 Å². The van der Waals surface area contributed by atoms with Crippen LogP contribution in [0.3, 0.4) is 0 Å². The number of nitrogens with zero attached hydrogens (tertiary/aromatic N) is 1. The van der Waals surface area contributed by atoms with Crippen LogP contribution in [-0.4, -0.2) is 15.6 Å². The van der Waals surface area contributed by atoms with E-state index in [1.54, 1.807) is 29.0 Å². The summed E-state index contributed by atoms with van der Waals surface area (Å²) in [6, 6.07) is 7.59. The quantitative estimate of drug-likeness (QED) is 0.885. The van der Waals surface area contributed by atoms with E-state index < -0.39 is 5.97 Å². The van der Waals surface area contributed by atoms with Crippen molar-refractivity contribution in [2.45, 2.75) is 13.5 Å². The molecular weight excluding hydrogens is 221 g/mol. The number of hydrogen-bond acceptors (Lipinski definition) is 1. The van der Waals surface area contributed by atoms with Crippen LogP contribution >= 0.6 is 0 Å². The second kappa shape index (κ2) is 4.41. The molecular formula is C13H12FNO2. The van der Waals surface area contributed by atoms with Gasteiger partial charge in [-0.1, -0.05) is 12.1 Å². The molecule has 0 radical (unpaired) electrons. The maximum atomic E-state index is 12.8. The number of rotatable bonds is 3. The number of carboxylic acid groups (broad SMARTS) is 1. The molecule has 0 unspecified atom stereocenters. The molecule has 3 nitrogen and oxygen atoms in total. The zero-order valence-corrected chi connectivity index (χ0v) is 9.35. The Balaban J connectivity index is 2.46. The highest BCUT2D eigenvalue weighted by atomic mass is 19.1. The average Bonchev–Trinajstić information content (AvgIpc) is 2.74. The Kier molecular flexibility index (Phi) is 2.95. The highest BCUT2D eigenvalue weighted by Gasteiger charge is 2.12. The molecule has 2 rings (SSSR count). The van der Waals surface area contributed by atoms with E-state index in [4.69, 9.17) is 5.11 Å². The SMILES string of the molecule is CCn1cc(-c2ccc(F)cc2)cc1C(=O)O. The number of carboxylic acids is 1. The van der Waals surface area contributed by atoms with Crippen LogP contribution in [0.5, 0.6) is 0 Å². The summed E-state index contributed by atoms with van der Waals surface area (Å²) in [5, 5.41) is 9.02. The minimum absolute atomic E-state index is 0.242. The molecule has 0 aliphatic rings. The van der Waals surface area contributed by atoms with Crippen molar-refractivity contribution in [1.82, 2.24) is 4.57 Å². The summed E-state index contributed by atoms with van der Waals surface area (Å²) in [6.07, 6.45) is 1.76. The number of aromatic carboxylic acids is 1. The second-order valence-electron chi connectivity index (χ2n) is 3.71. The lowest BCUT2D eigenvalue weighted by molar-refractivity contribution is 0.0685. The fraction of sp³-hybridized carbons (Fsp3) is 0.154. The van der Waals surface area contributed by atoms with Gasteiger partial charge >= 0.3 is 5.97 Å². The molecule has 0 aliphatic heterocycles. The number of aromatic nitrogens is 1. The lowest BCUT2D eigenvalue weighted by atomic mass is 10.1. The Hall–Kier alpha value is -2.10. The van der Waals surface area contributed by atoms with E-state index in [1.807, 2.05) is 6.92 Å². The topological polar surface area (TPSA) is 42.2 Å². The van der Waals surface area contributed by atoms with Gasteiger partial charge in [0.05, 0.1) is 0 Å². The Labute approximate surface area is 98.1 Å². The van der Waals surface area contributed by atoms with Gasteiger partial charge in [-0.2, -0.15) is 0 Å². The first kappa shape index (κ1) is 11.4. The maximum absolute atomic E-state index is 12.8. The second-order valence-corrected chi connectivity index (χ2v) is 3.71. The summed E-state index contributed by atoms with van der Waals surface area (Å²) in [5.74, 6) is -1.26. The largest absolute Gasteiger partial charge is 0.477 e. The molecule has 88 valence electrons. The number of aryl methyl sites for hydroxylation is 1. The van der Waals surface area contributed by atoms with E-state index in [9.17, 15) is 9.18 Å². The van der Waals surface area contributed by atoms with Crippen molar-refractivity contribution >= 4 is 5.97 Å². The zero-order chi connectivity index (χ0) is 12.4. The van der Waals surface area contributed by atoms with Crippen LogP contribution in [0.1, 0.15) is 17.4 Å². The molecule has 0 aliphatic carbocycles. The third-order valence-corrected chi connectivity index (χ3v) is 2.63. The van der Waals surface area contributed by atoms with Gasteiger partial charge in [-0.25, -0.2) is 9.18 Å². The molecule has 1 aromatic heterocycles. The van der Waals surface area contributed by atoms with Gasteiger partial charge < -0.3 is 9.67 Å². The minimum Gasteiger partial charge on any atom is -0.477 e. The normalized spacial score (nSPS) is 10.5. The Morgan fingerprint density at radius 2 is 1.94 bits per heavy atom. The van der Waals surface area contributed by atoms with E-state index in [2.05, 4.69) is 0 Å². The number of halogens is 1. The number of hydrogen-bond donors (Lipinski definition) is 1. The van der Waals surface area contributed by atoms with Crippen molar-refractivity contribution in [2.75, 3.05) is 0 Å². The smallest absolute Gasteiger partial charge is 0.352 e. The van der Waals surface area contributed by atoms with Crippen molar-refractivity contribution < 1.29 is 14.3 Å². The van der Waals surface area contributed by atoms with E-state index in [-0.39, 0.29) is 11.5 Å². The van der Waals surface area contributed by atoms with Gasteiger partial charge in [0.15, 0.2) is 0 Å². The van der Waals surface area contributed by atoms with Gasteiger partial charge in [-0.15, -0.1) is 0 Å². The molecule has 17 heavy (non-hydrogen) atoms. The van der Waals surface area contributed by atoms with Crippen molar-refractivity contribution in [1.29, 1.82) is 0 Å². The van der Waals surface area contributed by atoms with Crippen LogP contribution in [0.4, 0.5) is 4.39 Å². The first-order valence-electron chi connectivity index (χ1n) is 5.31. The highest BCUT2D eigenvalue weighted by Crippen LogP contribution is 2.22. The van der Waals surface area contributed by atoms with Gasteiger partial charge in [0.1, 0.15) is 11.5 Å². The standard InChI is InChI=1S/C13H12FNO2/c1-2-15-8-10(7-12(15)13(16)17)9-3-5-11(14)6-4-9/h3-8H,2H2,1H3,(H,16,17). The van der Waals surface area contributed by atoms with Crippen molar-refractivity contribution in [3.8, 4) is 11.1 Å². The number of carbonyl (C=O) groups is 1. The molecule has 0 atom stereocenters. The van der Waals surface area contributed by atoms with Gasteiger partial charge in [-0.05, 0) is 30.7 Å². The Morgan fingerprint density at radius 1 is 1.29 bits per heavy atom. The van der Waals surface area contributed by atoms with Crippen molar-refractivity contribution in [3.05, 3.63) is 48.0 Å². The van der Waals surface area contributed by atoms with Gasteiger partial charge in [-0.3, -0.25) is 0 Å². The number of benzene rings is 1. The van der Waals surface area contributed by atoms with E-state index in [1.165, 1.54) is 12.1 Å². The van der Waals surface area contributed by atoms with Gasteiger partial charge in [0, 0.05) is 18.3 Å². The third kappa shape index (κ3) is 2.20. The van der Waals surface area contributed by atoms with Crippen LogP contribution in [0.25, 0.3) is 11.1 Å². The molecule has 0 saturated heterocycles. The molecule has 0 amide bonds. The molecule has 0 saturated carbocycles. The van der Waals surface area contributed by atoms with Crippen molar-refractivity contribution in [2.24, 2.45) is 0 Å². The molecule has 0 spiro atoms. The first-order valence-corrected chi connectivity index (χ1v) is 5.31. The molecule has 1 N–H and O–H groups in total. The molecule has 4 heteroatoms.